The summed E-state index contributed by atoms with van der Waals surface area (Å²) in [4.78, 5) is 10.8. The van der Waals surface area contributed by atoms with Crippen molar-refractivity contribution in [2.24, 2.45) is 0 Å². The van der Waals surface area contributed by atoms with Crippen molar-refractivity contribution in [2.45, 2.75) is 78.2 Å². The fourth-order valence-electron chi connectivity index (χ4n) is 2.68. The van der Waals surface area contributed by atoms with E-state index in [1.54, 1.807) is 0 Å². The molecule has 0 aliphatic carbocycles. The fourth-order valence-corrected chi connectivity index (χ4v) is 2.68. The third-order valence-electron chi connectivity index (χ3n) is 3.64. The number of likely N-dealkylation sites (tertiary alicyclic amines) is 1. The molecule has 1 aliphatic heterocycles. The van der Waals surface area contributed by atoms with Crippen molar-refractivity contribution in [3.05, 3.63) is 0 Å². The van der Waals surface area contributed by atoms with Gasteiger partial charge in [-0.15, -0.1) is 0 Å². The molecule has 0 aromatic carbocycles. The predicted molar refractivity (Wildman–Crippen MR) is 73.4 cm³/mol. The van der Waals surface area contributed by atoms with Crippen LogP contribution in [-0.2, 0) is 4.79 Å². The Morgan fingerprint density at radius 3 is 2.39 bits per heavy atom. The van der Waals surface area contributed by atoms with Crippen LogP contribution in [0.15, 0.2) is 0 Å². The van der Waals surface area contributed by atoms with E-state index in [0.29, 0.717) is 0 Å². The number of hydrogen-bond donors (Lipinski definition) is 1. The van der Waals surface area contributed by atoms with Gasteiger partial charge in [-0.2, -0.15) is 0 Å². The van der Waals surface area contributed by atoms with Gasteiger partial charge in [0.25, 0.3) is 0 Å². The second kappa shape index (κ2) is 11.5. The van der Waals surface area contributed by atoms with Gasteiger partial charge in [-0.05, 0) is 45.4 Å². The highest BCUT2D eigenvalue weighted by Crippen LogP contribution is 2.09. The Kier molecular flexibility index (Phi) is 11.2. The topological polar surface area (TPSA) is 44.6 Å². The first-order valence-corrected chi connectivity index (χ1v) is 7.63. The van der Waals surface area contributed by atoms with E-state index in [1.165, 1.54) is 64.5 Å². The lowest BCUT2D eigenvalue weighted by Crippen LogP contribution is -3.16. The number of quaternary nitrogens is 1. The zero-order valence-electron chi connectivity index (χ0n) is 12.5. The van der Waals surface area contributed by atoms with Crippen LogP contribution < -0.4 is 10.0 Å². The van der Waals surface area contributed by atoms with Gasteiger partial charge < -0.3 is 14.8 Å². The van der Waals surface area contributed by atoms with E-state index in [-0.39, 0.29) is 0 Å². The predicted octanol–water partition coefficient (Wildman–Crippen LogP) is 1.17. The number of aliphatic carboxylic acids is 1. The molecule has 0 spiro atoms. The quantitative estimate of drug-likeness (QED) is 0.776. The summed E-state index contributed by atoms with van der Waals surface area (Å²) in [5, 5.41) is 8.89. The number of carboxylic acids is 1. The Morgan fingerprint density at radius 1 is 1.22 bits per heavy atom. The van der Waals surface area contributed by atoms with Crippen LogP contribution in [0.1, 0.15) is 72.1 Å². The van der Waals surface area contributed by atoms with Crippen molar-refractivity contribution in [1.82, 2.24) is 0 Å². The molecule has 1 fully saturated rings. The van der Waals surface area contributed by atoms with Gasteiger partial charge in [0, 0.05) is 5.97 Å². The molecule has 1 aliphatic rings. The summed E-state index contributed by atoms with van der Waals surface area (Å²) in [6.45, 7) is 8.48. The first kappa shape index (κ1) is 17.4. The van der Waals surface area contributed by atoms with E-state index >= 15 is 0 Å². The zero-order valence-corrected chi connectivity index (χ0v) is 12.5. The van der Waals surface area contributed by atoms with Crippen LogP contribution in [0, 0.1) is 0 Å². The largest absolute Gasteiger partial charge is 0.550 e. The summed E-state index contributed by atoms with van der Waals surface area (Å²) in [5.41, 5.74) is 0. The van der Waals surface area contributed by atoms with Gasteiger partial charge in [-0.1, -0.05) is 26.7 Å². The minimum Gasteiger partial charge on any atom is -0.550 e. The summed E-state index contributed by atoms with van der Waals surface area (Å²) >= 11 is 0. The van der Waals surface area contributed by atoms with Crippen LogP contribution in [-0.4, -0.2) is 25.1 Å². The average molecular weight is 257 g/mol. The number of piperidine rings is 1. The maximum atomic E-state index is 8.89. The molecule has 0 aromatic heterocycles. The smallest absolute Gasteiger partial charge is 0.0874 e. The van der Waals surface area contributed by atoms with Gasteiger partial charge in [0.2, 0.25) is 0 Å². The standard InChI is InChI=1S/C13H27N.C2H4O2/c1-3-5-9-13-10-7-8-12-14(13)11-6-4-2;1-2(3)4/h13H,3-12H2,1-2H3;1H3,(H,3,4). The molecule has 1 heterocycles. The minimum absolute atomic E-state index is 0.972. The summed E-state index contributed by atoms with van der Waals surface area (Å²) in [6, 6.07) is 1.01. The second-order valence-corrected chi connectivity index (χ2v) is 5.34. The number of rotatable bonds is 6. The van der Waals surface area contributed by atoms with E-state index in [0.717, 1.165) is 13.0 Å². The van der Waals surface area contributed by atoms with Crippen molar-refractivity contribution < 1.29 is 14.8 Å². The molecule has 3 heteroatoms. The van der Waals surface area contributed by atoms with Gasteiger partial charge in [-0.3, -0.25) is 0 Å². The molecular weight excluding hydrogens is 226 g/mol. The fraction of sp³-hybridized carbons (Fsp3) is 0.933. The molecule has 0 amide bonds. The van der Waals surface area contributed by atoms with Crippen LogP contribution in [0.2, 0.25) is 0 Å². The number of carboxylic acid groups (broad SMARTS) is 1. The zero-order chi connectivity index (χ0) is 13.8. The maximum Gasteiger partial charge on any atom is 0.0874 e. The number of carbonyl (C=O) groups excluding carboxylic acids is 1. The van der Waals surface area contributed by atoms with Crippen molar-refractivity contribution in [3.63, 3.8) is 0 Å². The van der Waals surface area contributed by atoms with E-state index in [9.17, 15) is 0 Å². The average Bonchev–Trinajstić information content (AvgIpc) is 2.34. The monoisotopic (exact) mass is 257 g/mol. The third kappa shape index (κ3) is 9.46. The van der Waals surface area contributed by atoms with Crippen LogP contribution in [0.3, 0.4) is 0 Å². The molecule has 0 radical (unpaired) electrons. The Balaban J connectivity index is 0.000000631. The van der Waals surface area contributed by atoms with Crippen LogP contribution in [0.25, 0.3) is 0 Å². The lowest BCUT2D eigenvalue weighted by molar-refractivity contribution is -0.931. The summed E-state index contributed by atoms with van der Waals surface area (Å²) in [6.07, 6.45) is 11.6. The number of hydrogen-bond acceptors (Lipinski definition) is 2. The molecule has 0 bridgehead atoms. The molecule has 1 saturated heterocycles. The van der Waals surface area contributed by atoms with E-state index in [2.05, 4.69) is 13.8 Å². The first-order chi connectivity index (χ1) is 8.61. The van der Waals surface area contributed by atoms with E-state index in [4.69, 9.17) is 9.90 Å². The summed E-state index contributed by atoms with van der Waals surface area (Å²) < 4.78 is 0. The van der Waals surface area contributed by atoms with Crippen molar-refractivity contribution in [1.29, 1.82) is 0 Å². The maximum absolute atomic E-state index is 8.89. The molecule has 1 N–H and O–H groups in total. The molecule has 0 saturated carbocycles. The third-order valence-corrected chi connectivity index (χ3v) is 3.64. The van der Waals surface area contributed by atoms with E-state index in [1.807, 2.05) is 4.90 Å². The molecule has 2 atom stereocenters. The molecular formula is C15H31NO2. The number of unbranched alkanes of at least 4 members (excludes halogenated alkanes) is 2. The molecule has 0 aromatic rings. The van der Waals surface area contributed by atoms with Gasteiger partial charge in [0.1, 0.15) is 0 Å². The second-order valence-electron chi connectivity index (χ2n) is 5.34. The Hall–Kier alpha value is -0.570. The van der Waals surface area contributed by atoms with Gasteiger partial charge in [0.15, 0.2) is 0 Å². The lowest BCUT2D eigenvalue weighted by Gasteiger charge is -2.32. The van der Waals surface area contributed by atoms with Crippen molar-refractivity contribution in [3.8, 4) is 0 Å². The number of nitrogens with one attached hydrogen (secondary N) is 1. The molecule has 3 nitrogen and oxygen atoms in total. The Labute approximate surface area is 113 Å². The summed E-state index contributed by atoms with van der Waals surface area (Å²) in [5.74, 6) is -1.08. The van der Waals surface area contributed by atoms with Crippen molar-refractivity contribution >= 4 is 5.97 Å². The van der Waals surface area contributed by atoms with Gasteiger partial charge in [0.05, 0.1) is 19.1 Å². The van der Waals surface area contributed by atoms with Crippen LogP contribution in [0.4, 0.5) is 0 Å². The normalized spacial score (nSPS) is 23.1. The highest BCUT2D eigenvalue weighted by molar-refractivity contribution is 5.60. The first-order valence-electron chi connectivity index (χ1n) is 7.63. The SMILES string of the molecule is CC(=O)[O-].CCCCC1CCCC[NH+]1CCCC. The van der Waals surface area contributed by atoms with E-state index < -0.39 is 5.97 Å². The number of carbonyl (C=O) groups is 1. The minimum atomic E-state index is -1.08. The van der Waals surface area contributed by atoms with Gasteiger partial charge in [-0.25, -0.2) is 0 Å². The lowest BCUT2D eigenvalue weighted by atomic mass is 9.97. The summed E-state index contributed by atoms with van der Waals surface area (Å²) in [7, 11) is 0. The molecule has 108 valence electrons. The molecule has 1 rings (SSSR count). The van der Waals surface area contributed by atoms with Gasteiger partial charge >= 0.3 is 0 Å². The molecule has 18 heavy (non-hydrogen) atoms. The Morgan fingerprint density at radius 2 is 1.83 bits per heavy atom. The highest BCUT2D eigenvalue weighted by atomic mass is 16.4. The van der Waals surface area contributed by atoms with Crippen LogP contribution >= 0.6 is 0 Å². The Bertz CT molecular complexity index is 187. The van der Waals surface area contributed by atoms with Crippen LogP contribution in [0.5, 0.6) is 0 Å². The highest BCUT2D eigenvalue weighted by Gasteiger charge is 2.24. The van der Waals surface area contributed by atoms with Crippen molar-refractivity contribution in [2.75, 3.05) is 13.1 Å². The molecule has 2 unspecified atom stereocenters.